The summed E-state index contributed by atoms with van der Waals surface area (Å²) in [6.07, 6.45) is 0. The number of Topliss-reactive ketones (excluding diaryl/α,β-unsaturated/α-hetero) is 1. The summed E-state index contributed by atoms with van der Waals surface area (Å²) in [6.45, 7) is 7.98. The van der Waals surface area contributed by atoms with Crippen LogP contribution in [0.3, 0.4) is 0 Å². The van der Waals surface area contributed by atoms with Crippen molar-refractivity contribution in [2.24, 2.45) is 0 Å². The monoisotopic (exact) mass is 319 g/mol. The first kappa shape index (κ1) is 16.6. The zero-order valence-electron chi connectivity index (χ0n) is 10.6. The summed E-state index contributed by atoms with van der Waals surface area (Å²) < 4.78 is 0. The van der Waals surface area contributed by atoms with Crippen molar-refractivity contribution in [2.45, 2.75) is 39.3 Å². The highest BCUT2D eigenvalue weighted by Gasteiger charge is 2.20. The van der Waals surface area contributed by atoms with Gasteiger partial charge in [-0.15, -0.1) is 17.0 Å². The van der Waals surface area contributed by atoms with E-state index < -0.39 is 0 Å². The van der Waals surface area contributed by atoms with E-state index in [1.807, 2.05) is 27.7 Å². The predicted molar refractivity (Wildman–Crippen MR) is 78.5 cm³/mol. The van der Waals surface area contributed by atoms with E-state index >= 15 is 0 Å². The molecular formula is C13H19BrClNO. The maximum absolute atomic E-state index is 12.1. The van der Waals surface area contributed by atoms with Crippen molar-refractivity contribution in [3.63, 3.8) is 0 Å². The minimum Gasteiger partial charge on any atom is -0.303 e. The molecule has 0 aromatic heterocycles. The Bertz CT molecular complexity index is 387. The van der Waals surface area contributed by atoms with Crippen LogP contribution in [0, 0.1) is 0 Å². The van der Waals surface area contributed by atoms with E-state index in [0.717, 1.165) is 0 Å². The van der Waals surface area contributed by atoms with E-state index in [1.54, 1.807) is 24.3 Å². The zero-order chi connectivity index (χ0) is 12.3. The summed E-state index contributed by atoms with van der Waals surface area (Å²) in [4.78, 5) is 12.1. The Hall–Kier alpha value is -0.380. The summed E-state index contributed by atoms with van der Waals surface area (Å²) in [6, 6.07) is 6.83. The van der Waals surface area contributed by atoms with E-state index in [1.165, 1.54) is 0 Å². The Morgan fingerprint density at radius 3 is 2.41 bits per heavy atom. The summed E-state index contributed by atoms with van der Waals surface area (Å²) in [5, 5.41) is 3.84. The number of hydrogen-bond acceptors (Lipinski definition) is 2. The zero-order valence-corrected chi connectivity index (χ0v) is 13.1. The molecule has 2 nitrogen and oxygen atoms in total. The third kappa shape index (κ3) is 5.66. The molecule has 1 rings (SSSR count). The van der Waals surface area contributed by atoms with Crippen LogP contribution >= 0.6 is 28.6 Å². The van der Waals surface area contributed by atoms with Crippen LogP contribution in [0.2, 0.25) is 5.02 Å². The van der Waals surface area contributed by atoms with Crippen LogP contribution < -0.4 is 5.32 Å². The van der Waals surface area contributed by atoms with Crippen molar-refractivity contribution in [1.29, 1.82) is 0 Å². The van der Waals surface area contributed by atoms with Crippen molar-refractivity contribution >= 4 is 34.4 Å². The van der Waals surface area contributed by atoms with Crippen LogP contribution in [0.25, 0.3) is 0 Å². The van der Waals surface area contributed by atoms with E-state index in [2.05, 4.69) is 5.32 Å². The Labute approximate surface area is 119 Å². The molecule has 17 heavy (non-hydrogen) atoms. The Balaban J connectivity index is 0.00000256. The van der Waals surface area contributed by atoms with Gasteiger partial charge in [-0.25, -0.2) is 0 Å². The van der Waals surface area contributed by atoms with Crippen LogP contribution in [0.1, 0.15) is 38.1 Å². The number of carbonyl (C=O) groups excluding carboxylic acids is 1. The standard InChI is InChI=1S/C13H18ClNO.BrH/c1-9(15-13(2,3)4)12(16)10-6-5-7-11(14)8-10;/h5-9,15H,1-4H3;1H/t9-;/m1./s1. The fraction of sp³-hybridized carbons (Fsp3) is 0.462. The van der Waals surface area contributed by atoms with E-state index in [4.69, 9.17) is 11.6 Å². The first-order chi connectivity index (χ1) is 7.29. The van der Waals surface area contributed by atoms with Crippen LogP contribution in [0.4, 0.5) is 0 Å². The molecule has 96 valence electrons. The second kappa shape index (κ2) is 6.53. The maximum Gasteiger partial charge on any atom is 0.179 e. The van der Waals surface area contributed by atoms with Crippen molar-refractivity contribution < 1.29 is 4.79 Å². The predicted octanol–water partition coefficient (Wildman–Crippen LogP) is 3.88. The van der Waals surface area contributed by atoms with Gasteiger partial charge in [0.2, 0.25) is 0 Å². The number of ketones is 1. The van der Waals surface area contributed by atoms with Gasteiger partial charge in [0.05, 0.1) is 6.04 Å². The summed E-state index contributed by atoms with van der Waals surface area (Å²) in [5.74, 6) is 0.0671. The third-order valence-electron chi connectivity index (χ3n) is 2.15. The fourth-order valence-corrected chi connectivity index (χ4v) is 1.80. The smallest absolute Gasteiger partial charge is 0.179 e. The van der Waals surface area contributed by atoms with Crippen LogP contribution in [-0.2, 0) is 0 Å². The van der Waals surface area contributed by atoms with Crippen LogP contribution in [0.5, 0.6) is 0 Å². The molecule has 0 heterocycles. The quantitative estimate of drug-likeness (QED) is 0.856. The summed E-state index contributed by atoms with van der Waals surface area (Å²) >= 11 is 5.85. The van der Waals surface area contributed by atoms with E-state index in [-0.39, 0.29) is 34.3 Å². The molecule has 0 radical (unpaired) electrons. The van der Waals surface area contributed by atoms with E-state index in [9.17, 15) is 4.79 Å². The van der Waals surface area contributed by atoms with Crippen molar-refractivity contribution in [1.82, 2.24) is 5.32 Å². The minimum atomic E-state index is -0.210. The number of nitrogens with one attached hydrogen (secondary N) is 1. The molecule has 0 spiro atoms. The van der Waals surface area contributed by atoms with Crippen LogP contribution in [-0.4, -0.2) is 17.4 Å². The SMILES string of the molecule is Br.C[C@@H](NC(C)(C)C)C(=O)c1cccc(Cl)c1. The molecule has 0 fully saturated rings. The molecular weight excluding hydrogens is 302 g/mol. The Morgan fingerprint density at radius 2 is 1.94 bits per heavy atom. The third-order valence-corrected chi connectivity index (χ3v) is 2.39. The lowest BCUT2D eigenvalue weighted by atomic mass is 10.0. The first-order valence-corrected chi connectivity index (χ1v) is 5.75. The molecule has 4 heteroatoms. The molecule has 0 saturated heterocycles. The van der Waals surface area contributed by atoms with Gasteiger partial charge in [0.1, 0.15) is 0 Å². The summed E-state index contributed by atoms with van der Waals surface area (Å²) in [5.41, 5.74) is 0.574. The van der Waals surface area contributed by atoms with Gasteiger partial charge in [0.25, 0.3) is 0 Å². The summed E-state index contributed by atoms with van der Waals surface area (Å²) in [7, 11) is 0. The molecule has 0 saturated carbocycles. The average molecular weight is 321 g/mol. The molecule has 0 unspecified atom stereocenters. The number of carbonyl (C=O) groups is 1. The molecule has 0 amide bonds. The highest BCUT2D eigenvalue weighted by atomic mass is 79.9. The molecule has 1 aromatic carbocycles. The lowest BCUT2D eigenvalue weighted by molar-refractivity contribution is 0.0936. The van der Waals surface area contributed by atoms with Gasteiger partial charge in [0.15, 0.2) is 5.78 Å². The molecule has 1 atom stereocenters. The Morgan fingerprint density at radius 1 is 1.35 bits per heavy atom. The van der Waals surface area contributed by atoms with Gasteiger partial charge < -0.3 is 5.32 Å². The molecule has 0 aliphatic carbocycles. The fourth-order valence-electron chi connectivity index (χ4n) is 1.61. The van der Waals surface area contributed by atoms with Crippen LogP contribution in [0.15, 0.2) is 24.3 Å². The normalized spacial score (nSPS) is 12.8. The second-order valence-electron chi connectivity index (χ2n) is 4.99. The molecule has 0 bridgehead atoms. The number of rotatable bonds is 3. The highest BCUT2D eigenvalue weighted by Crippen LogP contribution is 2.13. The van der Waals surface area contributed by atoms with Gasteiger partial charge in [-0.2, -0.15) is 0 Å². The van der Waals surface area contributed by atoms with Crippen molar-refractivity contribution in [3.8, 4) is 0 Å². The topological polar surface area (TPSA) is 29.1 Å². The number of hydrogen-bond donors (Lipinski definition) is 1. The molecule has 1 aromatic rings. The maximum atomic E-state index is 12.1. The minimum absolute atomic E-state index is 0. The number of halogens is 2. The van der Waals surface area contributed by atoms with Gasteiger partial charge in [-0.3, -0.25) is 4.79 Å². The highest BCUT2D eigenvalue weighted by molar-refractivity contribution is 8.93. The first-order valence-electron chi connectivity index (χ1n) is 5.37. The number of benzene rings is 1. The molecule has 0 aliphatic heterocycles. The Kier molecular flexibility index (Phi) is 6.38. The van der Waals surface area contributed by atoms with Gasteiger partial charge in [-0.1, -0.05) is 23.7 Å². The second-order valence-corrected chi connectivity index (χ2v) is 5.43. The van der Waals surface area contributed by atoms with Crippen molar-refractivity contribution in [3.05, 3.63) is 34.9 Å². The molecule has 0 aliphatic rings. The van der Waals surface area contributed by atoms with Gasteiger partial charge >= 0.3 is 0 Å². The molecule has 1 N–H and O–H groups in total. The van der Waals surface area contributed by atoms with Gasteiger partial charge in [0, 0.05) is 16.1 Å². The van der Waals surface area contributed by atoms with Crippen molar-refractivity contribution in [2.75, 3.05) is 0 Å². The lowest BCUT2D eigenvalue weighted by Gasteiger charge is -2.25. The van der Waals surface area contributed by atoms with Gasteiger partial charge in [-0.05, 0) is 39.8 Å². The largest absolute Gasteiger partial charge is 0.303 e. The average Bonchev–Trinajstić information content (AvgIpc) is 2.14. The lowest BCUT2D eigenvalue weighted by Crippen LogP contribution is -2.46. The van der Waals surface area contributed by atoms with E-state index in [0.29, 0.717) is 10.6 Å².